The van der Waals surface area contributed by atoms with E-state index in [1.54, 1.807) is 12.3 Å². The summed E-state index contributed by atoms with van der Waals surface area (Å²) in [6.45, 7) is 1.86. The van der Waals surface area contributed by atoms with Gasteiger partial charge in [-0.05, 0) is 13.0 Å². The lowest BCUT2D eigenvalue weighted by Gasteiger charge is -2.11. The molecule has 3 rings (SSSR count). The molecule has 21 heavy (non-hydrogen) atoms. The van der Waals surface area contributed by atoms with Crippen LogP contribution in [0.1, 0.15) is 17.7 Å². The van der Waals surface area contributed by atoms with Crippen molar-refractivity contribution in [3.05, 3.63) is 34.3 Å². The molecule has 0 spiro atoms. The van der Waals surface area contributed by atoms with E-state index in [4.69, 9.17) is 17.3 Å². The Labute approximate surface area is 132 Å². The monoisotopic (exact) mass is 341 g/mol. The summed E-state index contributed by atoms with van der Waals surface area (Å²) in [5.74, 6) is -0.0300. The summed E-state index contributed by atoms with van der Waals surface area (Å²) >= 11 is 8.38. The van der Waals surface area contributed by atoms with Gasteiger partial charge in [-0.2, -0.15) is 0 Å². The number of rotatable bonds is 3. The number of hydrogen-bond acceptors (Lipinski definition) is 7. The second-order valence-corrected chi connectivity index (χ2v) is 7.06. The highest BCUT2D eigenvalue weighted by atomic mass is 35.5. The maximum atomic E-state index is 13.7. The van der Waals surface area contributed by atoms with E-state index >= 15 is 0 Å². The number of aromatic nitrogens is 4. The fourth-order valence-electron chi connectivity index (χ4n) is 1.79. The van der Waals surface area contributed by atoms with Crippen molar-refractivity contribution in [1.82, 2.24) is 19.9 Å². The van der Waals surface area contributed by atoms with Crippen LogP contribution in [0.4, 0.5) is 10.2 Å². The molecule has 0 fully saturated rings. The van der Waals surface area contributed by atoms with Gasteiger partial charge in [0.15, 0.2) is 15.3 Å². The average molecular weight is 342 g/mol. The lowest BCUT2D eigenvalue weighted by molar-refractivity contribution is 0.604. The van der Waals surface area contributed by atoms with Crippen LogP contribution in [0, 0.1) is 5.82 Å². The molecule has 0 amide bonds. The van der Waals surface area contributed by atoms with Crippen molar-refractivity contribution in [2.75, 3.05) is 5.73 Å². The van der Waals surface area contributed by atoms with E-state index in [1.807, 2.05) is 6.92 Å². The molecule has 108 valence electrons. The Morgan fingerprint density at radius 2 is 2.19 bits per heavy atom. The third-order valence-corrected chi connectivity index (χ3v) is 4.93. The van der Waals surface area contributed by atoms with Gasteiger partial charge in [0, 0.05) is 17.0 Å². The fraction of sp³-hybridized carbons (Fsp3) is 0.167. The lowest BCUT2D eigenvalue weighted by atomic mass is 10.2. The summed E-state index contributed by atoms with van der Waals surface area (Å²) in [6.07, 6.45) is 2.74. The van der Waals surface area contributed by atoms with Gasteiger partial charge in [0.2, 0.25) is 0 Å². The number of hydrogen-bond donors (Lipinski definition) is 1. The van der Waals surface area contributed by atoms with Crippen LogP contribution in [0.3, 0.4) is 0 Å². The fourth-order valence-corrected chi connectivity index (χ4v) is 3.66. The van der Waals surface area contributed by atoms with E-state index in [1.165, 1.54) is 29.3 Å². The topological polar surface area (TPSA) is 77.6 Å². The molecule has 0 aliphatic carbocycles. The lowest BCUT2D eigenvalue weighted by Crippen LogP contribution is -1.99. The number of thioether (sulfide) groups is 1. The molecule has 0 saturated carbocycles. The minimum Gasteiger partial charge on any atom is -0.382 e. The Bertz CT molecular complexity index is 809. The SMILES string of the molecule is CC(Sc1nc(N)c2sc(Cl)nc2n1)c1ccncc1F. The molecular formula is C12H9ClFN5S2. The number of nitrogens with two attached hydrogens (primary N) is 1. The zero-order chi connectivity index (χ0) is 15.0. The van der Waals surface area contributed by atoms with E-state index in [9.17, 15) is 4.39 Å². The summed E-state index contributed by atoms with van der Waals surface area (Å²) < 4.78 is 14.7. The van der Waals surface area contributed by atoms with E-state index in [0.717, 1.165) is 0 Å². The smallest absolute Gasteiger partial charge is 0.192 e. The highest BCUT2D eigenvalue weighted by Crippen LogP contribution is 2.36. The molecule has 0 radical (unpaired) electrons. The van der Waals surface area contributed by atoms with Crippen LogP contribution in [0.2, 0.25) is 4.47 Å². The number of fused-ring (bicyclic) bond motifs is 1. The molecule has 5 nitrogen and oxygen atoms in total. The molecule has 3 aromatic rings. The zero-order valence-corrected chi connectivity index (χ0v) is 13.1. The summed E-state index contributed by atoms with van der Waals surface area (Å²) in [5.41, 5.74) is 6.87. The quantitative estimate of drug-likeness (QED) is 0.578. The number of nitrogens with zero attached hydrogens (tertiary/aromatic N) is 4. The van der Waals surface area contributed by atoms with Crippen molar-refractivity contribution in [2.24, 2.45) is 0 Å². The normalized spacial score (nSPS) is 12.7. The Morgan fingerprint density at radius 1 is 1.38 bits per heavy atom. The highest BCUT2D eigenvalue weighted by Gasteiger charge is 2.16. The Morgan fingerprint density at radius 3 is 2.95 bits per heavy atom. The second kappa shape index (κ2) is 5.70. The first-order valence-electron chi connectivity index (χ1n) is 5.90. The third kappa shape index (κ3) is 2.92. The molecular weight excluding hydrogens is 333 g/mol. The molecule has 9 heteroatoms. The highest BCUT2D eigenvalue weighted by molar-refractivity contribution is 7.99. The summed E-state index contributed by atoms with van der Waals surface area (Å²) in [4.78, 5) is 16.3. The average Bonchev–Trinajstić information content (AvgIpc) is 2.80. The largest absolute Gasteiger partial charge is 0.382 e. The molecule has 1 unspecified atom stereocenters. The van der Waals surface area contributed by atoms with Crippen LogP contribution < -0.4 is 5.73 Å². The van der Waals surface area contributed by atoms with Crippen LogP contribution in [-0.4, -0.2) is 19.9 Å². The van der Waals surface area contributed by atoms with Gasteiger partial charge in [0.1, 0.15) is 16.3 Å². The van der Waals surface area contributed by atoms with Crippen LogP contribution in [0.5, 0.6) is 0 Å². The van der Waals surface area contributed by atoms with Crippen LogP contribution in [0.25, 0.3) is 10.3 Å². The number of halogens is 2. The first-order valence-corrected chi connectivity index (χ1v) is 7.97. The zero-order valence-electron chi connectivity index (χ0n) is 10.7. The van der Waals surface area contributed by atoms with Gasteiger partial charge in [-0.25, -0.2) is 19.3 Å². The van der Waals surface area contributed by atoms with Crippen LogP contribution >= 0.6 is 34.7 Å². The van der Waals surface area contributed by atoms with E-state index < -0.39 is 0 Å². The van der Waals surface area contributed by atoms with E-state index in [-0.39, 0.29) is 11.1 Å². The maximum Gasteiger partial charge on any atom is 0.192 e. The van der Waals surface area contributed by atoms with Crippen LogP contribution in [0.15, 0.2) is 23.6 Å². The van der Waals surface area contributed by atoms with Gasteiger partial charge < -0.3 is 5.73 Å². The van der Waals surface area contributed by atoms with Crippen molar-refractivity contribution >= 4 is 50.9 Å². The van der Waals surface area contributed by atoms with Crippen molar-refractivity contribution in [3.8, 4) is 0 Å². The molecule has 0 bridgehead atoms. The second-order valence-electron chi connectivity index (χ2n) is 4.17. The molecule has 0 aliphatic heterocycles. The maximum absolute atomic E-state index is 13.7. The molecule has 0 aromatic carbocycles. The number of nitrogen functional groups attached to an aromatic ring is 1. The number of thiazole rings is 1. The van der Waals surface area contributed by atoms with Crippen LogP contribution in [-0.2, 0) is 0 Å². The molecule has 3 aromatic heterocycles. The van der Waals surface area contributed by atoms with Crippen molar-refractivity contribution in [2.45, 2.75) is 17.3 Å². The Balaban J connectivity index is 1.93. The van der Waals surface area contributed by atoms with Crippen molar-refractivity contribution in [1.29, 1.82) is 0 Å². The molecule has 3 heterocycles. The summed E-state index contributed by atoms with van der Waals surface area (Å²) in [6, 6.07) is 1.63. The van der Waals surface area contributed by atoms with Gasteiger partial charge in [0.05, 0.1) is 6.20 Å². The van der Waals surface area contributed by atoms with Gasteiger partial charge in [-0.1, -0.05) is 34.7 Å². The molecule has 0 saturated heterocycles. The molecule has 0 aliphatic rings. The molecule has 2 N–H and O–H groups in total. The molecule has 1 atom stereocenters. The van der Waals surface area contributed by atoms with Gasteiger partial charge in [-0.15, -0.1) is 0 Å². The number of pyridine rings is 1. The van der Waals surface area contributed by atoms with Gasteiger partial charge in [0.25, 0.3) is 0 Å². The standard InChI is InChI=1S/C12H9ClFN5S2/c1-5(6-2-3-16-4-7(6)14)20-12-17-9(15)8-10(19-12)18-11(13)21-8/h2-5H,1H3,(H2,15,17,19). The van der Waals surface area contributed by atoms with Crippen molar-refractivity contribution in [3.63, 3.8) is 0 Å². The number of anilines is 1. The van der Waals surface area contributed by atoms with Crippen molar-refractivity contribution < 1.29 is 4.39 Å². The third-order valence-electron chi connectivity index (χ3n) is 2.76. The predicted molar refractivity (Wildman–Crippen MR) is 83.1 cm³/mol. The first-order chi connectivity index (χ1) is 10.0. The predicted octanol–water partition coefficient (Wildman–Crippen LogP) is 3.71. The Kier molecular flexibility index (Phi) is 3.92. The van der Waals surface area contributed by atoms with E-state index in [2.05, 4.69) is 19.9 Å². The van der Waals surface area contributed by atoms with Gasteiger partial charge in [-0.3, -0.25) is 4.98 Å². The van der Waals surface area contributed by atoms with Gasteiger partial charge >= 0.3 is 0 Å². The minimum absolute atomic E-state index is 0.182. The first kappa shape index (κ1) is 14.4. The van der Waals surface area contributed by atoms with E-state index in [0.29, 0.717) is 31.4 Å². The minimum atomic E-state index is -0.358. The summed E-state index contributed by atoms with van der Waals surface area (Å²) in [7, 11) is 0. The summed E-state index contributed by atoms with van der Waals surface area (Å²) in [5, 5.41) is 0.254. The Hall–Kier alpha value is -1.51.